The molecular weight excluding hydrogens is 158 g/mol. The van der Waals surface area contributed by atoms with E-state index in [4.69, 9.17) is 0 Å². The second-order valence-electron chi connectivity index (χ2n) is 2.78. The first kappa shape index (κ1) is 11.0. The summed E-state index contributed by atoms with van der Waals surface area (Å²) < 4.78 is 0.514. The van der Waals surface area contributed by atoms with Crippen molar-refractivity contribution >= 4 is 17.9 Å². The third kappa shape index (κ3) is 2.49. The smallest absolute Gasteiger partial charge is 0.251 e. The Balaban J connectivity index is 4.32. The van der Waals surface area contributed by atoms with E-state index in [1.165, 1.54) is 0 Å². The molecule has 0 heterocycles. The van der Waals surface area contributed by atoms with Gasteiger partial charge in [-0.15, -0.1) is 0 Å². The second-order valence-corrected chi connectivity index (χ2v) is 3.17. The van der Waals surface area contributed by atoms with E-state index in [1.54, 1.807) is 0 Å². The number of nitrogens with zero attached hydrogens (tertiary/aromatic N) is 1. The molecule has 0 atom stereocenters. The fraction of sp³-hybridized carbons (Fsp3) is 0.875. The Kier molecular flexibility index (Phi) is 4.77. The standard InChI is InChI=1S/C8H17NOS/c1-4-7-9(5-2,6-3)8(10)11/h4-7H2,1-3H3/p+1. The van der Waals surface area contributed by atoms with Crippen molar-refractivity contribution in [3.05, 3.63) is 0 Å². The molecular formula is C8H18NOS+. The molecule has 0 fully saturated rings. The van der Waals surface area contributed by atoms with Crippen molar-refractivity contribution in [1.82, 2.24) is 0 Å². The van der Waals surface area contributed by atoms with Crippen molar-refractivity contribution in [3.63, 3.8) is 0 Å². The Labute approximate surface area is 74.6 Å². The average molecular weight is 176 g/mol. The number of hydrogen-bond donors (Lipinski definition) is 1. The maximum Gasteiger partial charge on any atom is 0.372 e. The third-order valence-electron chi connectivity index (χ3n) is 2.27. The predicted octanol–water partition coefficient (Wildman–Crippen LogP) is 2.30. The molecule has 3 heteroatoms. The van der Waals surface area contributed by atoms with Crippen molar-refractivity contribution in [2.24, 2.45) is 0 Å². The van der Waals surface area contributed by atoms with Crippen LogP contribution in [-0.2, 0) is 0 Å². The molecule has 0 bridgehead atoms. The lowest BCUT2D eigenvalue weighted by Gasteiger charge is -2.31. The van der Waals surface area contributed by atoms with Gasteiger partial charge in [0.05, 0.1) is 19.6 Å². The van der Waals surface area contributed by atoms with Gasteiger partial charge < -0.3 is 0 Å². The van der Waals surface area contributed by atoms with Gasteiger partial charge in [0.1, 0.15) is 0 Å². The summed E-state index contributed by atoms with van der Waals surface area (Å²) in [4.78, 5) is 11.2. The van der Waals surface area contributed by atoms with Crippen LogP contribution in [0.5, 0.6) is 0 Å². The van der Waals surface area contributed by atoms with Crippen LogP contribution in [0.4, 0.5) is 4.79 Å². The number of hydrogen-bond acceptors (Lipinski definition) is 1. The van der Waals surface area contributed by atoms with Crippen LogP contribution in [0.1, 0.15) is 27.2 Å². The van der Waals surface area contributed by atoms with Gasteiger partial charge in [-0.05, 0) is 32.9 Å². The summed E-state index contributed by atoms with van der Waals surface area (Å²) in [5.41, 5.74) is 0. The van der Waals surface area contributed by atoms with Gasteiger partial charge in [-0.1, -0.05) is 6.92 Å². The van der Waals surface area contributed by atoms with Gasteiger partial charge in [-0.25, -0.2) is 4.79 Å². The monoisotopic (exact) mass is 176 g/mol. The molecule has 0 aromatic carbocycles. The minimum atomic E-state index is -0.00292. The summed E-state index contributed by atoms with van der Waals surface area (Å²) in [6.07, 6.45) is 1.04. The van der Waals surface area contributed by atoms with E-state index >= 15 is 0 Å². The van der Waals surface area contributed by atoms with Crippen LogP contribution in [0.25, 0.3) is 0 Å². The SMILES string of the molecule is CCC[N+](CC)(CC)C(=O)S. The second kappa shape index (κ2) is 4.78. The fourth-order valence-electron chi connectivity index (χ4n) is 1.33. The summed E-state index contributed by atoms with van der Waals surface area (Å²) in [5, 5.41) is -0.00292. The van der Waals surface area contributed by atoms with Gasteiger partial charge in [-0.3, -0.25) is 4.48 Å². The molecule has 11 heavy (non-hydrogen) atoms. The minimum absolute atomic E-state index is 0.00292. The molecule has 1 amide bonds. The zero-order chi connectivity index (χ0) is 8.91. The van der Waals surface area contributed by atoms with E-state index in [1.807, 2.05) is 13.8 Å². The maximum absolute atomic E-state index is 11.2. The van der Waals surface area contributed by atoms with Crippen LogP contribution in [0.3, 0.4) is 0 Å². The van der Waals surface area contributed by atoms with E-state index in [-0.39, 0.29) is 5.24 Å². The molecule has 0 radical (unpaired) electrons. The molecule has 0 aliphatic carbocycles. The molecule has 0 saturated carbocycles. The maximum atomic E-state index is 11.2. The normalized spacial score (nSPS) is 11.6. The predicted molar refractivity (Wildman–Crippen MR) is 50.9 cm³/mol. The Hall–Kier alpha value is -0.0200. The highest BCUT2D eigenvalue weighted by atomic mass is 32.1. The van der Waals surface area contributed by atoms with E-state index in [2.05, 4.69) is 19.6 Å². The molecule has 2 nitrogen and oxygen atoms in total. The molecule has 0 rings (SSSR count). The Morgan fingerprint density at radius 3 is 1.82 bits per heavy atom. The highest BCUT2D eigenvalue weighted by molar-refractivity contribution is 7.96. The third-order valence-corrected chi connectivity index (χ3v) is 2.69. The fourth-order valence-corrected chi connectivity index (χ4v) is 1.72. The Bertz CT molecular complexity index is 132. The topological polar surface area (TPSA) is 17.1 Å². The van der Waals surface area contributed by atoms with Crippen LogP contribution in [0, 0.1) is 0 Å². The van der Waals surface area contributed by atoms with Crippen LogP contribution >= 0.6 is 12.6 Å². The average Bonchev–Trinajstić information content (AvgIpc) is 2.00. The number of carbonyl (C=O) groups is 1. The zero-order valence-corrected chi connectivity index (χ0v) is 8.53. The van der Waals surface area contributed by atoms with Crippen molar-refractivity contribution in [2.45, 2.75) is 27.2 Å². The van der Waals surface area contributed by atoms with Crippen molar-refractivity contribution < 1.29 is 9.28 Å². The first-order valence-corrected chi connectivity index (χ1v) is 4.67. The van der Waals surface area contributed by atoms with E-state index in [9.17, 15) is 4.79 Å². The largest absolute Gasteiger partial charge is 0.372 e. The molecule has 66 valence electrons. The molecule has 0 aromatic heterocycles. The highest BCUT2D eigenvalue weighted by Gasteiger charge is 2.28. The number of carbonyl (C=O) groups excluding carboxylic acids is 1. The van der Waals surface area contributed by atoms with Gasteiger partial charge >= 0.3 is 5.24 Å². The van der Waals surface area contributed by atoms with Gasteiger partial charge in [0, 0.05) is 0 Å². The van der Waals surface area contributed by atoms with E-state index in [0.717, 1.165) is 26.1 Å². The molecule has 0 N–H and O–H groups in total. The van der Waals surface area contributed by atoms with E-state index < -0.39 is 0 Å². The summed E-state index contributed by atoms with van der Waals surface area (Å²) in [5.74, 6) is 0. The summed E-state index contributed by atoms with van der Waals surface area (Å²) >= 11 is 3.91. The molecule has 0 spiro atoms. The molecule has 0 saturated heterocycles. The first-order chi connectivity index (χ1) is 5.13. The van der Waals surface area contributed by atoms with Crippen LogP contribution < -0.4 is 0 Å². The lowest BCUT2D eigenvalue weighted by atomic mass is 10.3. The Morgan fingerprint density at radius 1 is 1.27 bits per heavy atom. The number of thiol groups is 1. The molecule has 0 unspecified atom stereocenters. The van der Waals surface area contributed by atoms with Gasteiger partial charge in [0.15, 0.2) is 0 Å². The number of amides is 1. The van der Waals surface area contributed by atoms with Crippen molar-refractivity contribution in [2.75, 3.05) is 19.6 Å². The van der Waals surface area contributed by atoms with Crippen molar-refractivity contribution in [3.8, 4) is 0 Å². The lowest BCUT2D eigenvalue weighted by Crippen LogP contribution is -2.50. The number of rotatable bonds is 4. The van der Waals surface area contributed by atoms with Gasteiger partial charge in [-0.2, -0.15) is 0 Å². The number of quaternary nitrogens is 1. The van der Waals surface area contributed by atoms with Gasteiger partial charge in [0.25, 0.3) is 0 Å². The van der Waals surface area contributed by atoms with E-state index in [0.29, 0.717) is 4.48 Å². The van der Waals surface area contributed by atoms with Crippen LogP contribution in [0.15, 0.2) is 0 Å². The molecule has 0 aliphatic heterocycles. The van der Waals surface area contributed by atoms with Crippen molar-refractivity contribution in [1.29, 1.82) is 0 Å². The minimum Gasteiger partial charge on any atom is -0.251 e. The Morgan fingerprint density at radius 2 is 1.73 bits per heavy atom. The highest BCUT2D eigenvalue weighted by Crippen LogP contribution is 2.11. The van der Waals surface area contributed by atoms with Gasteiger partial charge in [0.2, 0.25) is 0 Å². The van der Waals surface area contributed by atoms with Crippen LogP contribution in [0.2, 0.25) is 0 Å². The first-order valence-electron chi connectivity index (χ1n) is 4.22. The summed E-state index contributed by atoms with van der Waals surface area (Å²) in [6, 6.07) is 0. The van der Waals surface area contributed by atoms with Crippen LogP contribution in [-0.4, -0.2) is 29.4 Å². The molecule has 0 aromatic rings. The summed E-state index contributed by atoms with van der Waals surface area (Å²) in [6.45, 7) is 8.78. The molecule has 0 aliphatic rings. The lowest BCUT2D eigenvalue weighted by molar-refractivity contribution is -0.840. The quantitative estimate of drug-likeness (QED) is 0.514. The zero-order valence-electron chi connectivity index (χ0n) is 7.63. The summed E-state index contributed by atoms with van der Waals surface area (Å²) in [7, 11) is 0.